The van der Waals surface area contributed by atoms with E-state index in [1.807, 2.05) is 44.3 Å². The third-order valence-corrected chi connectivity index (χ3v) is 6.22. The number of carbonyl (C=O) groups excluding carboxylic acids is 1. The summed E-state index contributed by atoms with van der Waals surface area (Å²) < 4.78 is 1.79. The van der Waals surface area contributed by atoms with Gasteiger partial charge in [-0.15, -0.1) is 0 Å². The smallest absolute Gasteiger partial charge is 0.249 e. The Morgan fingerprint density at radius 1 is 1.12 bits per heavy atom. The van der Waals surface area contributed by atoms with E-state index in [9.17, 15) is 4.79 Å². The number of halogens is 1. The zero-order valence-electron chi connectivity index (χ0n) is 19.1. The van der Waals surface area contributed by atoms with E-state index < -0.39 is 5.91 Å². The van der Waals surface area contributed by atoms with E-state index in [1.165, 1.54) is 0 Å². The maximum Gasteiger partial charge on any atom is 0.249 e. The maximum atomic E-state index is 12.2. The predicted molar refractivity (Wildman–Crippen MR) is 132 cm³/mol. The van der Waals surface area contributed by atoms with Crippen LogP contribution >= 0.6 is 11.6 Å². The summed E-state index contributed by atoms with van der Waals surface area (Å²) in [5.74, 6) is 0.864. The molecule has 1 fully saturated rings. The molecule has 0 radical (unpaired) electrons. The average molecular weight is 469 g/mol. The molecule has 0 atom stereocenters. The van der Waals surface area contributed by atoms with E-state index in [1.54, 1.807) is 10.9 Å². The first-order valence-corrected chi connectivity index (χ1v) is 11.2. The normalized spacial score (nSPS) is 14.4. The second-order valence-electron chi connectivity index (χ2n) is 8.32. The zero-order valence-corrected chi connectivity index (χ0v) is 19.9. The molecule has 3 aromatic rings. The van der Waals surface area contributed by atoms with Crippen molar-refractivity contribution < 1.29 is 4.79 Å². The van der Waals surface area contributed by atoms with Crippen molar-refractivity contribution in [3.63, 3.8) is 0 Å². The zero-order chi connectivity index (χ0) is 23.5. The number of primary amides is 1. The molecule has 3 heterocycles. The van der Waals surface area contributed by atoms with Gasteiger partial charge >= 0.3 is 0 Å². The van der Waals surface area contributed by atoms with E-state index in [4.69, 9.17) is 17.3 Å². The highest BCUT2D eigenvalue weighted by atomic mass is 35.5. The van der Waals surface area contributed by atoms with E-state index in [0.29, 0.717) is 34.5 Å². The van der Waals surface area contributed by atoms with E-state index in [2.05, 4.69) is 37.6 Å². The van der Waals surface area contributed by atoms with Gasteiger partial charge in [0, 0.05) is 68.8 Å². The summed E-state index contributed by atoms with van der Waals surface area (Å²) in [5.41, 5.74) is 9.76. The number of anilines is 4. The Labute approximate surface area is 198 Å². The van der Waals surface area contributed by atoms with Gasteiger partial charge in [0.05, 0.1) is 16.9 Å². The molecule has 2 aromatic heterocycles. The fourth-order valence-corrected chi connectivity index (χ4v) is 3.97. The first-order chi connectivity index (χ1) is 15.8. The summed E-state index contributed by atoms with van der Waals surface area (Å²) in [6.45, 7) is 6.20. The third kappa shape index (κ3) is 5.37. The lowest BCUT2D eigenvalue weighted by Crippen LogP contribution is -2.44. The standard InChI is InChI=1S/C23H29ClN8O/c1-15-10-22(29-31(15)3)28-21-12-20(19(24)14-27-21)26-13-16-4-5-17(11-18(16)23(25)33)32-8-6-30(2)7-9-32/h4-5,10-12,14H,6-9,13H2,1-3H3,(H2,25,33)(H2,26,27,28,29). The molecule has 0 aliphatic carbocycles. The molecule has 33 heavy (non-hydrogen) atoms. The summed E-state index contributed by atoms with van der Waals surface area (Å²) in [5, 5.41) is 11.4. The molecule has 0 bridgehead atoms. The van der Waals surface area contributed by atoms with E-state index >= 15 is 0 Å². The van der Waals surface area contributed by atoms with Crippen molar-refractivity contribution in [1.29, 1.82) is 0 Å². The van der Waals surface area contributed by atoms with Gasteiger partial charge in [0.2, 0.25) is 5.91 Å². The van der Waals surface area contributed by atoms with Crippen LogP contribution in [-0.2, 0) is 13.6 Å². The Kier molecular flexibility index (Phi) is 6.71. The summed E-state index contributed by atoms with van der Waals surface area (Å²) in [6, 6.07) is 9.62. The number of carbonyl (C=O) groups is 1. The predicted octanol–water partition coefficient (Wildman–Crippen LogP) is 2.98. The minimum atomic E-state index is -0.448. The van der Waals surface area contributed by atoms with Gasteiger partial charge in [0.15, 0.2) is 5.82 Å². The van der Waals surface area contributed by atoms with Crippen molar-refractivity contribution in [2.24, 2.45) is 12.8 Å². The Morgan fingerprint density at radius 2 is 1.88 bits per heavy atom. The van der Waals surface area contributed by atoms with Gasteiger partial charge < -0.3 is 26.2 Å². The lowest BCUT2D eigenvalue weighted by molar-refractivity contribution is 0.0999. The van der Waals surface area contributed by atoms with Crippen LogP contribution in [0.3, 0.4) is 0 Å². The van der Waals surface area contributed by atoms with Crippen LogP contribution in [0.4, 0.5) is 23.0 Å². The Bertz CT molecular complexity index is 1130. The first kappa shape index (κ1) is 22.9. The number of piperazine rings is 1. The molecule has 4 rings (SSSR count). The van der Waals surface area contributed by atoms with Crippen LogP contribution in [0.5, 0.6) is 0 Å². The molecular formula is C23H29ClN8O. The van der Waals surface area contributed by atoms with E-state index in [0.717, 1.165) is 43.1 Å². The Hall–Kier alpha value is -3.30. The first-order valence-electron chi connectivity index (χ1n) is 10.8. The molecule has 1 amide bonds. The number of hydrogen-bond donors (Lipinski definition) is 3. The van der Waals surface area contributed by atoms with Crippen LogP contribution in [0.2, 0.25) is 5.02 Å². The molecule has 1 aliphatic heterocycles. The number of rotatable bonds is 7. The number of hydrogen-bond acceptors (Lipinski definition) is 7. The van der Waals surface area contributed by atoms with E-state index in [-0.39, 0.29) is 0 Å². The number of pyridine rings is 1. The molecule has 9 nitrogen and oxygen atoms in total. The van der Waals surface area contributed by atoms with Crippen molar-refractivity contribution in [2.45, 2.75) is 13.5 Å². The molecule has 0 spiro atoms. The Balaban J connectivity index is 1.49. The second kappa shape index (κ2) is 9.68. The fraction of sp³-hybridized carbons (Fsp3) is 0.348. The SMILES string of the molecule is Cc1cc(Nc2cc(NCc3ccc(N4CCN(C)CC4)cc3C(N)=O)c(Cl)cn2)nn1C. The number of benzene rings is 1. The summed E-state index contributed by atoms with van der Waals surface area (Å²) >= 11 is 6.36. The number of likely N-dealkylation sites (N-methyl/N-ethyl adjacent to an activating group) is 1. The topological polar surface area (TPSA) is 104 Å². The number of aromatic nitrogens is 3. The second-order valence-corrected chi connectivity index (χ2v) is 8.73. The molecule has 174 valence electrons. The number of aryl methyl sites for hydroxylation is 2. The van der Waals surface area contributed by atoms with Gasteiger partial charge in [-0.05, 0) is 31.7 Å². The van der Waals surface area contributed by atoms with Gasteiger partial charge in [-0.2, -0.15) is 5.10 Å². The molecular weight excluding hydrogens is 440 g/mol. The molecule has 0 saturated carbocycles. The van der Waals surface area contributed by atoms with Crippen LogP contribution in [0.1, 0.15) is 21.6 Å². The number of amides is 1. The number of nitrogens with one attached hydrogen (secondary N) is 2. The van der Waals surface area contributed by atoms with Gasteiger partial charge in [-0.1, -0.05) is 17.7 Å². The lowest BCUT2D eigenvalue weighted by Gasteiger charge is -2.34. The van der Waals surface area contributed by atoms with Crippen molar-refractivity contribution >= 4 is 40.5 Å². The molecule has 4 N–H and O–H groups in total. The van der Waals surface area contributed by atoms with Crippen LogP contribution in [-0.4, -0.2) is 58.8 Å². The summed E-state index contributed by atoms with van der Waals surface area (Å²) in [7, 11) is 4.00. The van der Waals surface area contributed by atoms with Crippen molar-refractivity contribution in [1.82, 2.24) is 19.7 Å². The highest BCUT2D eigenvalue weighted by Gasteiger charge is 2.17. The minimum absolute atomic E-state index is 0.396. The van der Waals surface area contributed by atoms with Crippen LogP contribution in [0.15, 0.2) is 36.5 Å². The van der Waals surface area contributed by atoms with Crippen LogP contribution < -0.4 is 21.3 Å². The van der Waals surface area contributed by atoms with Gasteiger partial charge in [0.25, 0.3) is 0 Å². The molecule has 10 heteroatoms. The van der Waals surface area contributed by atoms with Gasteiger partial charge in [0.1, 0.15) is 5.82 Å². The average Bonchev–Trinajstić information content (AvgIpc) is 3.11. The third-order valence-electron chi connectivity index (χ3n) is 5.92. The summed E-state index contributed by atoms with van der Waals surface area (Å²) in [6.07, 6.45) is 1.58. The van der Waals surface area contributed by atoms with Crippen LogP contribution in [0, 0.1) is 6.92 Å². The Morgan fingerprint density at radius 3 is 2.55 bits per heavy atom. The number of nitrogens with two attached hydrogens (primary N) is 1. The fourth-order valence-electron chi connectivity index (χ4n) is 3.80. The van der Waals surface area contributed by atoms with Crippen molar-refractivity contribution in [2.75, 3.05) is 48.8 Å². The quantitative estimate of drug-likeness (QED) is 0.489. The molecule has 0 unspecified atom stereocenters. The lowest BCUT2D eigenvalue weighted by atomic mass is 10.0. The van der Waals surface area contributed by atoms with Gasteiger partial charge in [-0.3, -0.25) is 9.48 Å². The van der Waals surface area contributed by atoms with Crippen molar-refractivity contribution in [3.05, 3.63) is 58.4 Å². The van der Waals surface area contributed by atoms with Crippen molar-refractivity contribution in [3.8, 4) is 0 Å². The van der Waals surface area contributed by atoms with Crippen LogP contribution in [0.25, 0.3) is 0 Å². The maximum absolute atomic E-state index is 12.2. The number of nitrogens with zero attached hydrogens (tertiary/aromatic N) is 5. The summed E-state index contributed by atoms with van der Waals surface area (Å²) in [4.78, 5) is 21.1. The molecule has 1 saturated heterocycles. The highest BCUT2D eigenvalue weighted by Crippen LogP contribution is 2.27. The van der Waals surface area contributed by atoms with Gasteiger partial charge in [-0.25, -0.2) is 4.98 Å². The minimum Gasteiger partial charge on any atom is -0.380 e. The molecule has 1 aliphatic rings. The monoisotopic (exact) mass is 468 g/mol. The largest absolute Gasteiger partial charge is 0.380 e. The molecule has 1 aromatic carbocycles. The highest BCUT2D eigenvalue weighted by molar-refractivity contribution is 6.33.